The molecule has 2 amide bonds. The van der Waals surface area contributed by atoms with Crippen molar-refractivity contribution in [1.29, 1.82) is 0 Å². The van der Waals surface area contributed by atoms with E-state index in [1.54, 1.807) is 40.1 Å². The van der Waals surface area contributed by atoms with Crippen molar-refractivity contribution in [2.75, 3.05) is 33.6 Å². The van der Waals surface area contributed by atoms with Gasteiger partial charge in [-0.15, -0.1) is 23.1 Å². The lowest BCUT2D eigenvalue weighted by Gasteiger charge is -2.29. The molecule has 0 saturated carbocycles. The van der Waals surface area contributed by atoms with E-state index < -0.39 is 6.04 Å². The molecule has 0 radical (unpaired) electrons. The summed E-state index contributed by atoms with van der Waals surface area (Å²) in [6, 6.07) is 6.65. The molecule has 0 spiro atoms. The Bertz CT molecular complexity index is 907. The summed E-state index contributed by atoms with van der Waals surface area (Å²) < 4.78 is 16.2. The molecule has 2 unspecified atom stereocenters. The highest BCUT2D eigenvalue weighted by molar-refractivity contribution is 7.99. The number of amides is 2. The third-order valence-electron chi connectivity index (χ3n) is 5.26. The molecular weight excluding hydrogens is 448 g/mol. The smallest absolute Gasteiger partial charge is 0.256 e. The highest BCUT2D eigenvalue weighted by Gasteiger charge is 2.43. The largest absolute Gasteiger partial charge is 0.493 e. The molecule has 1 fully saturated rings. The van der Waals surface area contributed by atoms with E-state index in [0.717, 1.165) is 11.3 Å². The molecular formula is C23H30N2O5S2. The van der Waals surface area contributed by atoms with Gasteiger partial charge in [-0.25, -0.2) is 0 Å². The molecule has 1 N–H and O–H groups in total. The van der Waals surface area contributed by atoms with Crippen molar-refractivity contribution in [2.45, 2.75) is 31.7 Å². The third kappa shape index (κ3) is 5.15. The standard InChI is InChI=1S/C23H30N2O5S2/c1-14(2)8-9-24-21(26)16-13-32-23(19-7-6-10-31-19)25(16)22(27)15-11-17(28-3)20(30-5)18(12-15)29-4/h6-7,10-12,14,16,23H,8-9,13H2,1-5H3,(H,24,26). The van der Waals surface area contributed by atoms with Crippen molar-refractivity contribution in [3.63, 3.8) is 0 Å². The molecule has 9 heteroatoms. The number of carbonyl (C=O) groups is 2. The number of thiophene rings is 1. The van der Waals surface area contributed by atoms with E-state index in [0.29, 0.717) is 41.0 Å². The lowest BCUT2D eigenvalue weighted by atomic mass is 10.1. The monoisotopic (exact) mass is 478 g/mol. The summed E-state index contributed by atoms with van der Waals surface area (Å²) in [5.41, 5.74) is 0.378. The maximum absolute atomic E-state index is 13.8. The van der Waals surface area contributed by atoms with Gasteiger partial charge in [-0.3, -0.25) is 9.59 Å². The predicted octanol–water partition coefficient (Wildman–Crippen LogP) is 4.19. The Morgan fingerprint density at radius 1 is 1.16 bits per heavy atom. The third-order valence-corrected chi connectivity index (χ3v) is 7.64. The molecule has 1 aromatic heterocycles. The second-order valence-corrected chi connectivity index (χ2v) is 9.91. The minimum atomic E-state index is -0.564. The van der Waals surface area contributed by atoms with Crippen LogP contribution in [0.15, 0.2) is 29.6 Å². The van der Waals surface area contributed by atoms with E-state index in [-0.39, 0.29) is 17.2 Å². The molecule has 2 atom stereocenters. The van der Waals surface area contributed by atoms with Gasteiger partial charge in [-0.1, -0.05) is 19.9 Å². The fourth-order valence-electron chi connectivity index (χ4n) is 3.56. The van der Waals surface area contributed by atoms with Crippen LogP contribution >= 0.6 is 23.1 Å². The van der Waals surface area contributed by atoms with Crippen LogP contribution in [0.4, 0.5) is 0 Å². The van der Waals surface area contributed by atoms with Gasteiger partial charge in [-0.2, -0.15) is 0 Å². The topological polar surface area (TPSA) is 77.1 Å². The SMILES string of the molecule is COc1cc(C(=O)N2C(C(=O)NCCC(C)C)CSC2c2cccs2)cc(OC)c1OC. The zero-order valence-corrected chi connectivity index (χ0v) is 20.7. The number of thioether (sulfide) groups is 1. The molecule has 174 valence electrons. The number of benzene rings is 1. The van der Waals surface area contributed by atoms with Gasteiger partial charge in [0.2, 0.25) is 11.7 Å². The van der Waals surface area contributed by atoms with E-state index in [9.17, 15) is 9.59 Å². The van der Waals surface area contributed by atoms with Crippen LogP contribution in [-0.2, 0) is 4.79 Å². The lowest BCUT2D eigenvalue weighted by Crippen LogP contribution is -2.48. The van der Waals surface area contributed by atoms with Gasteiger partial charge in [0.1, 0.15) is 11.4 Å². The normalized spacial score (nSPS) is 18.0. The first-order valence-corrected chi connectivity index (χ1v) is 12.4. The van der Waals surface area contributed by atoms with Gasteiger partial charge in [0.25, 0.3) is 5.91 Å². The second-order valence-electron chi connectivity index (χ2n) is 7.82. The van der Waals surface area contributed by atoms with Crippen LogP contribution in [-0.4, -0.2) is 56.4 Å². The Morgan fingerprint density at radius 2 is 1.84 bits per heavy atom. The first-order valence-electron chi connectivity index (χ1n) is 10.5. The minimum Gasteiger partial charge on any atom is -0.493 e. The Labute approximate surface area is 197 Å². The molecule has 1 saturated heterocycles. The molecule has 0 aliphatic carbocycles. The van der Waals surface area contributed by atoms with Crippen molar-refractivity contribution in [3.8, 4) is 17.2 Å². The summed E-state index contributed by atoms with van der Waals surface area (Å²) in [4.78, 5) is 29.5. The van der Waals surface area contributed by atoms with Crippen LogP contribution in [0, 0.1) is 5.92 Å². The van der Waals surface area contributed by atoms with Gasteiger partial charge in [0.15, 0.2) is 11.5 Å². The number of hydrogen-bond donors (Lipinski definition) is 1. The number of methoxy groups -OCH3 is 3. The zero-order valence-electron chi connectivity index (χ0n) is 19.0. The summed E-state index contributed by atoms with van der Waals surface area (Å²) in [5.74, 6) is 1.85. The Morgan fingerprint density at radius 3 is 2.38 bits per heavy atom. The quantitative estimate of drug-likeness (QED) is 0.582. The van der Waals surface area contributed by atoms with E-state index in [2.05, 4.69) is 19.2 Å². The van der Waals surface area contributed by atoms with Gasteiger partial charge >= 0.3 is 0 Å². The molecule has 32 heavy (non-hydrogen) atoms. The molecule has 0 bridgehead atoms. The summed E-state index contributed by atoms with van der Waals surface area (Å²) in [7, 11) is 4.54. The zero-order chi connectivity index (χ0) is 23.3. The maximum atomic E-state index is 13.8. The Balaban J connectivity index is 1.95. The maximum Gasteiger partial charge on any atom is 0.256 e. The number of hydrogen-bond acceptors (Lipinski definition) is 7. The van der Waals surface area contributed by atoms with Crippen LogP contribution in [0.1, 0.15) is 40.9 Å². The van der Waals surface area contributed by atoms with Crippen LogP contribution < -0.4 is 19.5 Å². The molecule has 1 aliphatic heterocycles. The molecule has 7 nitrogen and oxygen atoms in total. The van der Waals surface area contributed by atoms with Crippen molar-refractivity contribution in [2.24, 2.45) is 5.92 Å². The van der Waals surface area contributed by atoms with Crippen molar-refractivity contribution in [3.05, 3.63) is 40.1 Å². The van der Waals surface area contributed by atoms with E-state index >= 15 is 0 Å². The molecule has 1 aromatic carbocycles. The lowest BCUT2D eigenvalue weighted by molar-refractivity contribution is -0.124. The second kappa shape index (κ2) is 11.0. The molecule has 2 heterocycles. The number of ether oxygens (including phenoxy) is 3. The Hall–Kier alpha value is -2.39. The highest BCUT2D eigenvalue weighted by Crippen LogP contribution is 2.45. The van der Waals surface area contributed by atoms with Gasteiger partial charge in [0, 0.05) is 22.7 Å². The van der Waals surface area contributed by atoms with E-state index in [4.69, 9.17) is 14.2 Å². The number of nitrogens with zero attached hydrogens (tertiary/aromatic N) is 1. The number of nitrogens with one attached hydrogen (secondary N) is 1. The van der Waals surface area contributed by atoms with E-state index in [1.165, 1.54) is 21.3 Å². The Kier molecular flexibility index (Phi) is 8.31. The van der Waals surface area contributed by atoms with Crippen molar-refractivity contribution in [1.82, 2.24) is 10.2 Å². The molecule has 2 aromatic rings. The summed E-state index contributed by atoms with van der Waals surface area (Å²) >= 11 is 3.18. The van der Waals surface area contributed by atoms with Gasteiger partial charge in [0.05, 0.1) is 21.3 Å². The summed E-state index contributed by atoms with van der Waals surface area (Å²) in [6.45, 7) is 4.82. The van der Waals surface area contributed by atoms with Crippen LogP contribution in [0.5, 0.6) is 17.2 Å². The fourth-order valence-corrected chi connectivity index (χ4v) is 5.96. The highest BCUT2D eigenvalue weighted by atomic mass is 32.2. The first kappa shape index (κ1) is 24.3. The summed E-state index contributed by atoms with van der Waals surface area (Å²) in [5, 5.41) is 4.76. The van der Waals surface area contributed by atoms with Crippen molar-refractivity contribution >= 4 is 34.9 Å². The summed E-state index contributed by atoms with van der Waals surface area (Å²) in [6.07, 6.45) is 0.890. The molecule has 1 aliphatic rings. The first-order chi connectivity index (χ1) is 15.4. The average Bonchev–Trinajstić information content (AvgIpc) is 3.46. The average molecular weight is 479 g/mol. The number of rotatable bonds is 9. The van der Waals surface area contributed by atoms with Crippen LogP contribution in [0.25, 0.3) is 0 Å². The number of carbonyl (C=O) groups excluding carboxylic acids is 2. The fraction of sp³-hybridized carbons (Fsp3) is 0.478. The molecule has 3 rings (SSSR count). The predicted molar refractivity (Wildman–Crippen MR) is 128 cm³/mol. The van der Waals surface area contributed by atoms with E-state index in [1.807, 2.05) is 17.5 Å². The van der Waals surface area contributed by atoms with Crippen LogP contribution in [0.3, 0.4) is 0 Å². The minimum absolute atomic E-state index is 0.127. The van der Waals surface area contributed by atoms with Crippen LogP contribution in [0.2, 0.25) is 0 Å². The van der Waals surface area contributed by atoms with Gasteiger partial charge in [-0.05, 0) is 35.9 Å². The van der Waals surface area contributed by atoms with Gasteiger partial charge < -0.3 is 24.4 Å². The van der Waals surface area contributed by atoms with Crippen molar-refractivity contribution < 1.29 is 23.8 Å².